The van der Waals surface area contributed by atoms with Gasteiger partial charge in [-0.25, -0.2) is 0 Å². The molecule has 15 heavy (non-hydrogen) atoms. The van der Waals surface area contributed by atoms with E-state index in [2.05, 4.69) is 28.7 Å². The van der Waals surface area contributed by atoms with Gasteiger partial charge in [-0.1, -0.05) is 19.8 Å². The summed E-state index contributed by atoms with van der Waals surface area (Å²) in [7, 11) is 0. The second kappa shape index (κ2) is 5.66. The third kappa shape index (κ3) is 2.82. The molecule has 0 radical (unpaired) electrons. The van der Waals surface area contributed by atoms with Crippen molar-refractivity contribution in [1.82, 2.24) is 4.90 Å². The van der Waals surface area contributed by atoms with Crippen molar-refractivity contribution < 1.29 is 0 Å². The molecule has 1 aromatic rings. The molecule has 0 aromatic carbocycles. The first kappa shape index (κ1) is 11.2. The Morgan fingerprint density at radius 2 is 2.40 bits per heavy atom. The molecule has 0 amide bonds. The summed E-state index contributed by atoms with van der Waals surface area (Å²) in [5.41, 5.74) is 1.55. The molecule has 2 rings (SSSR count). The van der Waals surface area contributed by atoms with Gasteiger partial charge >= 0.3 is 0 Å². The molecule has 2 heterocycles. The Bertz CT molecular complexity index is 268. The zero-order valence-electron chi connectivity index (χ0n) is 9.61. The van der Waals surface area contributed by atoms with E-state index in [-0.39, 0.29) is 0 Å². The summed E-state index contributed by atoms with van der Waals surface area (Å²) in [4.78, 5) is 2.69. The topological polar surface area (TPSA) is 3.24 Å². The molecule has 1 aliphatic heterocycles. The van der Waals surface area contributed by atoms with Crippen molar-refractivity contribution in [2.75, 3.05) is 13.1 Å². The van der Waals surface area contributed by atoms with Crippen molar-refractivity contribution >= 4 is 11.3 Å². The van der Waals surface area contributed by atoms with Gasteiger partial charge in [0.05, 0.1) is 0 Å². The average molecular weight is 223 g/mol. The van der Waals surface area contributed by atoms with Crippen LogP contribution in [0.25, 0.3) is 0 Å². The molecule has 0 saturated carbocycles. The van der Waals surface area contributed by atoms with Crippen LogP contribution in [0.3, 0.4) is 0 Å². The number of nitrogens with zero attached hydrogens (tertiary/aromatic N) is 1. The molecular formula is C13H21NS. The Balaban J connectivity index is 1.99. The Hall–Kier alpha value is -0.340. The van der Waals surface area contributed by atoms with E-state index in [9.17, 15) is 0 Å². The smallest absolute Gasteiger partial charge is 0.0356 e. The molecule has 0 aliphatic carbocycles. The third-order valence-electron chi connectivity index (χ3n) is 3.34. The van der Waals surface area contributed by atoms with Gasteiger partial charge in [-0.2, -0.15) is 11.3 Å². The highest BCUT2D eigenvalue weighted by Gasteiger charge is 2.23. The number of hydrogen-bond donors (Lipinski definition) is 0. The summed E-state index contributed by atoms with van der Waals surface area (Å²) < 4.78 is 0. The third-order valence-corrected chi connectivity index (χ3v) is 4.04. The molecule has 1 fully saturated rings. The van der Waals surface area contributed by atoms with Crippen LogP contribution in [0.2, 0.25) is 0 Å². The number of rotatable bonds is 4. The molecule has 84 valence electrons. The van der Waals surface area contributed by atoms with E-state index >= 15 is 0 Å². The quantitative estimate of drug-likeness (QED) is 0.743. The minimum atomic E-state index is 0.719. The van der Waals surface area contributed by atoms with Crippen molar-refractivity contribution in [3.05, 3.63) is 22.4 Å². The predicted octanol–water partition coefficient (Wildman–Crippen LogP) is 4.08. The summed E-state index contributed by atoms with van der Waals surface area (Å²) in [6.07, 6.45) is 6.82. The molecule has 1 atom stereocenters. The second-order valence-corrected chi connectivity index (χ2v) is 5.24. The Morgan fingerprint density at radius 1 is 1.47 bits per heavy atom. The Kier molecular flexibility index (Phi) is 4.21. The van der Waals surface area contributed by atoms with Gasteiger partial charge in [-0.15, -0.1) is 0 Å². The molecule has 0 unspecified atom stereocenters. The molecule has 1 saturated heterocycles. The maximum Gasteiger partial charge on any atom is 0.0356 e. The summed E-state index contributed by atoms with van der Waals surface area (Å²) in [6.45, 7) is 4.88. The van der Waals surface area contributed by atoms with E-state index in [1.807, 2.05) is 11.3 Å². The SMILES string of the molecule is CCCCN1CCCC[C@@H]1c1ccsc1. The van der Waals surface area contributed by atoms with E-state index < -0.39 is 0 Å². The van der Waals surface area contributed by atoms with Crippen LogP contribution in [0, 0.1) is 0 Å². The molecule has 0 N–H and O–H groups in total. The minimum absolute atomic E-state index is 0.719. The molecular weight excluding hydrogens is 202 g/mol. The zero-order valence-corrected chi connectivity index (χ0v) is 10.4. The van der Waals surface area contributed by atoms with Crippen LogP contribution in [0.5, 0.6) is 0 Å². The molecule has 1 aliphatic rings. The van der Waals surface area contributed by atoms with Crippen molar-refractivity contribution in [3.8, 4) is 0 Å². The fourth-order valence-electron chi connectivity index (χ4n) is 2.46. The number of hydrogen-bond acceptors (Lipinski definition) is 2. The molecule has 0 bridgehead atoms. The van der Waals surface area contributed by atoms with Crippen LogP contribution in [0.4, 0.5) is 0 Å². The van der Waals surface area contributed by atoms with Gasteiger partial charge in [0.2, 0.25) is 0 Å². The Morgan fingerprint density at radius 3 is 3.13 bits per heavy atom. The lowest BCUT2D eigenvalue weighted by Crippen LogP contribution is -2.33. The molecule has 1 aromatic heterocycles. The fourth-order valence-corrected chi connectivity index (χ4v) is 3.17. The van der Waals surface area contributed by atoms with Gasteiger partial charge in [0.1, 0.15) is 0 Å². The lowest BCUT2D eigenvalue weighted by Gasteiger charge is -2.35. The van der Waals surface area contributed by atoms with Gasteiger partial charge < -0.3 is 0 Å². The normalized spacial score (nSPS) is 23.1. The summed E-state index contributed by atoms with van der Waals surface area (Å²) in [5.74, 6) is 0. The summed E-state index contributed by atoms with van der Waals surface area (Å²) >= 11 is 1.83. The summed E-state index contributed by atoms with van der Waals surface area (Å²) in [5, 5.41) is 4.54. The number of unbranched alkanes of at least 4 members (excludes halogenated alkanes) is 1. The second-order valence-electron chi connectivity index (χ2n) is 4.46. The minimum Gasteiger partial charge on any atom is -0.296 e. The van der Waals surface area contributed by atoms with E-state index in [0.717, 1.165) is 6.04 Å². The van der Waals surface area contributed by atoms with E-state index in [4.69, 9.17) is 0 Å². The highest BCUT2D eigenvalue weighted by atomic mass is 32.1. The first-order valence-corrected chi connectivity index (χ1v) is 7.12. The highest BCUT2D eigenvalue weighted by molar-refractivity contribution is 7.07. The maximum absolute atomic E-state index is 2.69. The first-order chi connectivity index (χ1) is 7.42. The lowest BCUT2D eigenvalue weighted by molar-refractivity contribution is 0.147. The van der Waals surface area contributed by atoms with Gasteiger partial charge in [0.15, 0.2) is 0 Å². The van der Waals surface area contributed by atoms with Crippen LogP contribution in [0.1, 0.15) is 50.6 Å². The van der Waals surface area contributed by atoms with Crippen LogP contribution in [0.15, 0.2) is 16.8 Å². The van der Waals surface area contributed by atoms with Gasteiger partial charge in [0.25, 0.3) is 0 Å². The number of thiophene rings is 1. The standard InChI is InChI=1S/C13H21NS/c1-2-3-8-14-9-5-4-6-13(14)12-7-10-15-11-12/h7,10-11,13H,2-6,8-9H2,1H3/t13-/m1/s1. The first-order valence-electron chi connectivity index (χ1n) is 6.18. The fraction of sp³-hybridized carbons (Fsp3) is 0.692. The van der Waals surface area contributed by atoms with Gasteiger partial charge in [0, 0.05) is 6.04 Å². The highest BCUT2D eigenvalue weighted by Crippen LogP contribution is 2.31. The Labute approximate surface area is 97.1 Å². The van der Waals surface area contributed by atoms with Gasteiger partial charge in [-0.3, -0.25) is 4.90 Å². The van der Waals surface area contributed by atoms with Crippen LogP contribution in [-0.4, -0.2) is 18.0 Å². The van der Waals surface area contributed by atoms with Gasteiger partial charge in [-0.05, 0) is 54.7 Å². The molecule has 2 heteroatoms. The maximum atomic E-state index is 2.69. The van der Waals surface area contributed by atoms with Crippen molar-refractivity contribution in [3.63, 3.8) is 0 Å². The van der Waals surface area contributed by atoms with Crippen LogP contribution >= 0.6 is 11.3 Å². The number of piperidine rings is 1. The van der Waals surface area contributed by atoms with Crippen LogP contribution < -0.4 is 0 Å². The monoisotopic (exact) mass is 223 g/mol. The van der Waals surface area contributed by atoms with Crippen molar-refractivity contribution in [1.29, 1.82) is 0 Å². The van der Waals surface area contributed by atoms with E-state index in [1.54, 1.807) is 5.56 Å². The largest absolute Gasteiger partial charge is 0.296 e. The lowest BCUT2D eigenvalue weighted by atomic mass is 9.97. The zero-order chi connectivity index (χ0) is 10.5. The van der Waals surface area contributed by atoms with Crippen molar-refractivity contribution in [2.45, 2.75) is 45.1 Å². The predicted molar refractivity (Wildman–Crippen MR) is 67.4 cm³/mol. The van der Waals surface area contributed by atoms with E-state index in [0.29, 0.717) is 0 Å². The van der Waals surface area contributed by atoms with Crippen LogP contribution in [-0.2, 0) is 0 Å². The molecule has 1 nitrogen and oxygen atoms in total. The number of likely N-dealkylation sites (tertiary alicyclic amines) is 1. The van der Waals surface area contributed by atoms with Crippen molar-refractivity contribution in [2.24, 2.45) is 0 Å². The average Bonchev–Trinajstić information content (AvgIpc) is 2.80. The van der Waals surface area contributed by atoms with E-state index in [1.165, 1.54) is 45.2 Å². The summed E-state index contributed by atoms with van der Waals surface area (Å²) in [6, 6.07) is 3.02. The molecule has 0 spiro atoms.